The molecule has 1 aromatic rings. The molecule has 2 unspecified atom stereocenters. The van der Waals surface area contributed by atoms with Crippen LogP contribution in [0.15, 0.2) is 30.3 Å². The fraction of sp³-hybridized carbons (Fsp3) is 0.533. The van der Waals surface area contributed by atoms with Crippen molar-refractivity contribution in [2.45, 2.75) is 25.8 Å². The molecule has 1 aromatic carbocycles. The van der Waals surface area contributed by atoms with Crippen LogP contribution < -0.4 is 11.1 Å². The molecule has 4 heteroatoms. The number of nitrogens with one attached hydrogen (secondary N) is 1. The van der Waals surface area contributed by atoms with Crippen LogP contribution >= 0.6 is 0 Å². The summed E-state index contributed by atoms with van der Waals surface area (Å²) in [6, 6.07) is 9.34. The largest absolute Gasteiger partial charge is 0.396 e. The minimum absolute atomic E-state index is 0.0453. The third-order valence-electron chi connectivity index (χ3n) is 4.07. The first kappa shape index (κ1) is 14.0. The van der Waals surface area contributed by atoms with Crippen LogP contribution in [0.5, 0.6) is 0 Å². The van der Waals surface area contributed by atoms with E-state index in [2.05, 4.69) is 5.32 Å². The fourth-order valence-corrected chi connectivity index (χ4v) is 2.13. The molecule has 0 aliphatic heterocycles. The number of nitrogens with two attached hydrogens (primary N) is 1. The number of carbonyl (C=O) groups is 1. The van der Waals surface area contributed by atoms with E-state index in [-0.39, 0.29) is 29.9 Å². The number of rotatable bonds is 6. The highest BCUT2D eigenvalue weighted by Gasteiger charge is 2.42. The minimum atomic E-state index is -0.300. The highest BCUT2D eigenvalue weighted by Crippen LogP contribution is 2.44. The number of aliphatic hydroxyl groups is 1. The predicted molar refractivity (Wildman–Crippen MR) is 74.3 cm³/mol. The van der Waals surface area contributed by atoms with Gasteiger partial charge in [-0.25, -0.2) is 0 Å². The molecule has 0 saturated heterocycles. The van der Waals surface area contributed by atoms with Gasteiger partial charge in [-0.05, 0) is 18.4 Å². The lowest BCUT2D eigenvalue weighted by molar-refractivity contribution is -0.125. The summed E-state index contributed by atoms with van der Waals surface area (Å²) in [5.74, 6) is -0.326. The Hall–Kier alpha value is -1.39. The van der Waals surface area contributed by atoms with Crippen molar-refractivity contribution in [1.29, 1.82) is 0 Å². The van der Waals surface area contributed by atoms with Crippen LogP contribution in [-0.4, -0.2) is 24.2 Å². The van der Waals surface area contributed by atoms with Crippen molar-refractivity contribution in [1.82, 2.24) is 5.32 Å². The van der Waals surface area contributed by atoms with Gasteiger partial charge in [0.15, 0.2) is 0 Å². The number of amides is 1. The Bertz CT molecular complexity index is 429. The van der Waals surface area contributed by atoms with Crippen molar-refractivity contribution in [2.75, 3.05) is 13.2 Å². The van der Waals surface area contributed by atoms with Crippen LogP contribution in [0.3, 0.4) is 0 Å². The Kier molecular flexibility index (Phi) is 4.22. The zero-order chi connectivity index (χ0) is 13.9. The van der Waals surface area contributed by atoms with Gasteiger partial charge in [-0.1, -0.05) is 37.3 Å². The average molecular weight is 262 g/mol. The van der Waals surface area contributed by atoms with E-state index in [4.69, 9.17) is 5.73 Å². The Labute approximate surface area is 114 Å². The summed E-state index contributed by atoms with van der Waals surface area (Å²) in [6.07, 6.45) is 1.98. The first-order valence-electron chi connectivity index (χ1n) is 6.77. The summed E-state index contributed by atoms with van der Waals surface area (Å²) < 4.78 is 0. The zero-order valence-corrected chi connectivity index (χ0v) is 11.3. The van der Waals surface area contributed by atoms with Crippen LogP contribution in [-0.2, 0) is 4.79 Å². The first-order valence-corrected chi connectivity index (χ1v) is 6.77. The van der Waals surface area contributed by atoms with E-state index < -0.39 is 0 Å². The molecule has 1 fully saturated rings. The molecule has 0 heterocycles. The molecule has 0 spiro atoms. The maximum absolute atomic E-state index is 12.1. The van der Waals surface area contributed by atoms with E-state index in [1.165, 1.54) is 0 Å². The van der Waals surface area contributed by atoms with Gasteiger partial charge in [-0.2, -0.15) is 0 Å². The maximum Gasteiger partial charge on any atom is 0.224 e. The molecule has 0 radical (unpaired) electrons. The third kappa shape index (κ3) is 3.33. The monoisotopic (exact) mass is 262 g/mol. The Morgan fingerprint density at radius 2 is 2.05 bits per heavy atom. The van der Waals surface area contributed by atoms with Gasteiger partial charge < -0.3 is 16.2 Å². The molecule has 2 rings (SSSR count). The maximum atomic E-state index is 12.1. The second-order valence-electron chi connectivity index (χ2n) is 5.60. The molecule has 1 amide bonds. The summed E-state index contributed by atoms with van der Waals surface area (Å²) in [5.41, 5.74) is 7.02. The Morgan fingerprint density at radius 1 is 1.42 bits per heavy atom. The van der Waals surface area contributed by atoms with Gasteiger partial charge in [-0.3, -0.25) is 4.79 Å². The fourth-order valence-electron chi connectivity index (χ4n) is 2.13. The topological polar surface area (TPSA) is 75.3 Å². The summed E-state index contributed by atoms with van der Waals surface area (Å²) in [5, 5.41) is 12.1. The molecule has 1 aliphatic carbocycles. The van der Waals surface area contributed by atoms with Crippen molar-refractivity contribution in [2.24, 2.45) is 17.1 Å². The van der Waals surface area contributed by atoms with Gasteiger partial charge in [0.05, 0.1) is 12.5 Å². The number of hydrogen-bond donors (Lipinski definition) is 3. The normalized spacial score (nSPS) is 19.5. The van der Waals surface area contributed by atoms with Crippen molar-refractivity contribution < 1.29 is 9.90 Å². The van der Waals surface area contributed by atoms with Gasteiger partial charge in [0.1, 0.15) is 0 Å². The standard InChI is InChI=1S/C15H22N2O2/c1-11(13(16)12-5-3-2-4-6-12)14(19)17-9-15(10-18)7-8-15/h2-6,11,13,18H,7-10,16H2,1H3,(H,17,19). The van der Waals surface area contributed by atoms with Gasteiger partial charge in [0.25, 0.3) is 0 Å². The lowest BCUT2D eigenvalue weighted by Gasteiger charge is -2.21. The molecule has 2 atom stereocenters. The highest BCUT2D eigenvalue weighted by molar-refractivity contribution is 5.79. The molecule has 19 heavy (non-hydrogen) atoms. The average Bonchev–Trinajstić information content (AvgIpc) is 3.25. The first-order chi connectivity index (χ1) is 9.08. The van der Waals surface area contributed by atoms with E-state index in [1.54, 1.807) is 0 Å². The smallest absolute Gasteiger partial charge is 0.224 e. The van der Waals surface area contributed by atoms with Crippen molar-refractivity contribution >= 4 is 5.91 Å². The van der Waals surface area contributed by atoms with Gasteiger partial charge in [0, 0.05) is 18.0 Å². The summed E-state index contributed by atoms with van der Waals surface area (Å²) >= 11 is 0. The number of hydrogen-bond acceptors (Lipinski definition) is 3. The molecule has 0 aromatic heterocycles. The number of benzene rings is 1. The van der Waals surface area contributed by atoms with Gasteiger partial charge >= 0.3 is 0 Å². The lowest BCUT2D eigenvalue weighted by Crippen LogP contribution is -2.39. The highest BCUT2D eigenvalue weighted by atomic mass is 16.3. The quantitative estimate of drug-likeness (QED) is 0.721. The van der Waals surface area contributed by atoms with E-state index in [1.807, 2.05) is 37.3 Å². The number of aliphatic hydroxyl groups excluding tert-OH is 1. The minimum Gasteiger partial charge on any atom is -0.396 e. The van der Waals surface area contributed by atoms with Gasteiger partial charge in [-0.15, -0.1) is 0 Å². The summed E-state index contributed by atoms with van der Waals surface area (Å²) in [4.78, 5) is 12.1. The summed E-state index contributed by atoms with van der Waals surface area (Å²) in [7, 11) is 0. The van der Waals surface area contributed by atoms with E-state index >= 15 is 0 Å². The SMILES string of the molecule is CC(C(=O)NCC1(CO)CC1)C(N)c1ccccc1. The van der Waals surface area contributed by atoms with Gasteiger partial charge in [0.2, 0.25) is 5.91 Å². The molecule has 4 nitrogen and oxygen atoms in total. The third-order valence-corrected chi connectivity index (χ3v) is 4.07. The zero-order valence-electron chi connectivity index (χ0n) is 11.3. The van der Waals surface area contributed by atoms with Crippen LogP contribution in [0.2, 0.25) is 0 Å². The molecule has 4 N–H and O–H groups in total. The Balaban J connectivity index is 1.88. The van der Waals surface area contributed by atoms with E-state index in [9.17, 15) is 9.90 Å². The van der Waals surface area contributed by atoms with Crippen molar-refractivity contribution in [3.8, 4) is 0 Å². The van der Waals surface area contributed by atoms with Crippen LogP contribution in [0.1, 0.15) is 31.4 Å². The second kappa shape index (κ2) is 5.72. The Morgan fingerprint density at radius 3 is 2.58 bits per heavy atom. The van der Waals surface area contributed by atoms with E-state index in [0.717, 1.165) is 18.4 Å². The summed E-state index contributed by atoms with van der Waals surface area (Å²) in [6.45, 7) is 2.53. The molecular weight excluding hydrogens is 240 g/mol. The molecule has 1 aliphatic rings. The predicted octanol–water partition coefficient (Wildman–Crippen LogP) is 1.21. The molecule has 1 saturated carbocycles. The molecule has 0 bridgehead atoms. The number of carbonyl (C=O) groups excluding carboxylic acids is 1. The van der Waals surface area contributed by atoms with Crippen molar-refractivity contribution in [3.63, 3.8) is 0 Å². The van der Waals surface area contributed by atoms with Crippen LogP contribution in [0, 0.1) is 11.3 Å². The van der Waals surface area contributed by atoms with Crippen molar-refractivity contribution in [3.05, 3.63) is 35.9 Å². The molecule has 104 valence electrons. The molecular formula is C15H22N2O2. The van der Waals surface area contributed by atoms with E-state index in [0.29, 0.717) is 6.54 Å². The second-order valence-corrected chi connectivity index (χ2v) is 5.60. The van der Waals surface area contributed by atoms with Crippen LogP contribution in [0.25, 0.3) is 0 Å². The lowest BCUT2D eigenvalue weighted by atomic mass is 9.94. The van der Waals surface area contributed by atoms with Crippen LogP contribution in [0.4, 0.5) is 0 Å².